The van der Waals surface area contributed by atoms with Crippen LogP contribution >= 0.6 is 11.3 Å². The van der Waals surface area contributed by atoms with Crippen LogP contribution in [0.15, 0.2) is 46.0 Å². The number of hydrogen-bond donors (Lipinski definition) is 2. The van der Waals surface area contributed by atoms with Crippen LogP contribution in [0, 0.1) is 6.92 Å². The number of nitrogens with zero attached hydrogens (tertiary/aromatic N) is 2. The predicted octanol–water partition coefficient (Wildman–Crippen LogP) is 1.40. The van der Waals surface area contributed by atoms with Gasteiger partial charge in [-0.15, -0.1) is 11.3 Å². The number of aryl methyl sites for hydroxylation is 1. The minimum atomic E-state index is -3.36. The average molecular weight is 405 g/mol. The van der Waals surface area contributed by atoms with Crippen LogP contribution in [0.25, 0.3) is 10.9 Å². The second-order valence-corrected chi connectivity index (χ2v) is 9.97. The number of thiophene rings is 1. The second kappa shape index (κ2) is 7.20. The van der Waals surface area contributed by atoms with Crippen molar-refractivity contribution < 1.29 is 18.4 Å². The number of aromatic nitrogens is 1. The van der Waals surface area contributed by atoms with Crippen molar-refractivity contribution in [2.45, 2.75) is 17.7 Å². The molecule has 0 bridgehead atoms. The van der Waals surface area contributed by atoms with E-state index in [0.29, 0.717) is 22.8 Å². The van der Waals surface area contributed by atoms with Crippen molar-refractivity contribution in [3.8, 4) is 5.75 Å². The molecule has 0 amide bonds. The number of piperazine rings is 1. The lowest BCUT2D eigenvalue weighted by Gasteiger charge is -2.31. The molecule has 2 aromatic heterocycles. The van der Waals surface area contributed by atoms with E-state index in [1.54, 1.807) is 27.9 Å². The molecule has 2 N–H and O–H groups in total. The van der Waals surface area contributed by atoms with E-state index in [1.165, 1.54) is 16.2 Å². The number of benzene rings is 1. The Morgan fingerprint density at radius 3 is 2.67 bits per heavy atom. The van der Waals surface area contributed by atoms with Gasteiger partial charge < -0.3 is 10.0 Å². The van der Waals surface area contributed by atoms with Gasteiger partial charge in [0.1, 0.15) is 22.0 Å². The Bertz CT molecular complexity index is 1060. The summed E-state index contributed by atoms with van der Waals surface area (Å²) in [5.74, 6) is 0.194. The summed E-state index contributed by atoms with van der Waals surface area (Å²) in [5, 5.41) is 12.9. The summed E-state index contributed by atoms with van der Waals surface area (Å²) >= 11 is 1.26. The Balaban J connectivity index is 1.49. The third-order valence-electron chi connectivity index (χ3n) is 5.02. The number of sulfonamides is 1. The summed E-state index contributed by atoms with van der Waals surface area (Å²) < 4.78 is 27.3. The smallest absolute Gasteiger partial charge is 0.252 e. The molecule has 1 aliphatic heterocycles. The number of rotatable bonds is 4. The van der Waals surface area contributed by atoms with Crippen LogP contribution in [-0.2, 0) is 16.6 Å². The fraction of sp³-hybridized carbons (Fsp3) is 0.316. The van der Waals surface area contributed by atoms with E-state index in [4.69, 9.17) is 0 Å². The molecule has 142 valence electrons. The Morgan fingerprint density at radius 2 is 1.96 bits per heavy atom. The molecule has 1 fully saturated rings. The first kappa shape index (κ1) is 18.4. The van der Waals surface area contributed by atoms with Gasteiger partial charge in [-0.3, -0.25) is 0 Å². The lowest BCUT2D eigenvalue weighted by atomic mass is 10.1. The fourth-order valence-electron chi connectivity index (χ4n) is 3.54. The molecule has 4 rings (SSSR count). The first-order valence-electron chi connectivity index (χ1n) is 8.90. The van der Waals surface area contributed by atoms with Crippen LogP contribution in [-0.4, -0.2) is 49.0 Å². The van der Waals surface area contributed by atoms with Crippen molar-refractivity contribution in [3.63, 3.8) is 0 Å². The molecule has 8 heteroatoms. The van der Waals surface area contributed by atoms with E-state index in [9.17, 15) is 13.5 Å². The minimum Gasteiger partial charge on any atom is -0.506 e. The van der Waals surface area contributed by atoms with Crippen molar-refractivity contribution in [2.75, 3.05) is 26.2 Å². The summed E-state index contributed by atoms with van der Waals surface area (Å²) in [6, 6.07) is 11.0. The van der Waals surface area contributed by atoms with Gasteiger partial charge in [-0.1, -0.05) is 12.1 Å². The molecule has 3 aromatic rings. The van der Waals surface area contributed by atoms with Gasteiger partial charge in [0.25, 0.3) is 10.0 Å². The maximum Gasteiger partial charge on any atom is 0.252 e. The van der Waals surface area contributed by atoms with Gasteiger partial charge in [0, 0.05) is 16.6 Å². The normalized spacial score (nSPS) is 16.8. The van der Waals surface area contributed by atoms with Crippen molar-refractivity contribution in [2.24, 2.45) is 0 Å². The molecule has 6 nitrogen and oxygen atoms in total. The van der Waals surface area contributed by atoms with Gasteiger partial charge in [0.2, 0.25) is 0 Å². The molecule has 0 unspecified atom stereocenters. The standard InChI is InChI=1S/C19H21N3O3S2/c1-14-4-6-16-15(5-7-17(23)19(16)20-14)13-21-8-10-22(11-9-21)27(24,25)18-3-2-12-26-18/h2-7,12,23H,8-11,13H2,1H3/p+1. The molecule has 1 aromatic carbocycles. The molecule has 1 saturated heterocycles. The summed E-state index contributed by atoms with van der Waals surface area (Å²) in [5.41, 5.74) is 2.63. The number of phenolic OH excluding ortho intramolecular Hbond substituents is 1. The molecule has 0 radical (unpaired) electrons. The second-order valence-electron chi connectivity index (χ2n) is 6.86. The SMILES string of the molecule is Cc1ccc2c(C[NH+]3CCN(S(=O)(=O)c4cccs4)CC3)ccc(O)c2n1. The molecular formula is C19H22N3O3S2+. The van der Waals surface area contributed by atoms with Crippen LogP contribution in [0.3, 0.4) is 0 Å². The lowest BCUT2D eigenvalue weighted by Crippen LogP contribution is -3.13. The van der Waals surface area contributed by atoms with E-state index in [1.807, 2.05) is 25.1 Å². The lowest BCUT2D eigenvalue weighted by molar-refractivity contribution is -0.917. The summed E-state index contributed by atoms with van der Waals surface area (Å²) in [4.78, 5) is 5.79. The van der Waals surface area contributed by atoms with Crippen molar-refractivity contribution >= 4 is 32.3 Å². The number of pyridine rings is 1. The quantitative estimate of drug-likeness (QED) is 0.689. The Hall–Kier alpha value is -2.00. The van der Waals surface area contributed by atoms with Crippen LogP contribution < -0.4 is 4.90 Å². The highest BCUT2D eigenvalue weighted by molar-refractivity contribution is 7.91. The highest BCUT2D eigenvalue weighted by Gasteiger charge is 2.31. The molecule has 0 saturated carbocycles. The van der Waals surface area contributed by atoms with Crippen LogP contribution in [0.4, 0.5) is 0 Å². The number of aromatic hydroxyl groups is 1. The van der Waals surface area contributed by atoms with Gasteiger partial charge in [0.05, 0.1) is 26.2 Å². The molecule has 27 heavy (non-hydrogen) atoms. The zero-order valence-electron chi connectivity index (χ0n) is 15.1. The van der Waals surface area contributed by atoms with Gasteiger partial charge in [0.15, 0.2) is 0 Å². The number of fused-ring (bicyclic) bond motifs is 1. The highest BCUT2D eigenvalue weighted by Crippen LogP contribution is 2.26. The third-order valence-corrected chi connectivity index (χ3v) is 8.30. The molecule has 0 atom stereocenters. The summed E-state index contributed by atoms with van der Waals surface area (Å²) in [6.45, 7) is 5.24. The number of quaternary nitrogens is 1. The zero-order chi connectivity index (χ0) is 19.0. The molecule has 0 aliphatic carbocycles. The maximum atomic E-state index is 12.6. The molecule has 3 heterocycles. The van der Waals surface area contributed by atoms with E-state index >= 15 is 0 Å². The van der Waals surface area contributed by atoms with Crippen molar-refractivity contribution in [1.82, 2.24) is 9.29 Å². The van der Waals surface area contributed by atoms with Gasteiger partial charge in [-0.2, -0.15) is 4.31 Å². The van der Waals surface area contributed by atoms with E-state index in [0.717, 1.165) is 36.3 Å². The predicted molar refractivity (Wildman–Crippen MR) is 106 cm³/mol. The van der Waals surface area contributed by atoms with Gasteiger partial charge in [-0.25, -0.2) is 13.4 Å². The van der Waals surface area contributed by atoms with Crippen molar-refractivity contribution in [1.29, 1.82) is 0 Å². The van der Waals surface area contributed by atoms with E-state index in [-0.39, 0.29) is 5.75 Å². The van der Waals surface area contributed by atoms with Crippen molar-refractivity contribution in [3.05, 3.63) is 53.0 Å². The first-order chi connectivity index (χ1) is 12.9. The first-order valence-corrected chi connectivity index (χ1v) is 11.2. The van der Waals surface area contributed by atoms with E-state index < -0.39 is 10.0 Å². The largest absolute Gasteiger partial charge is 0.506 e. The molecule has 0 spiro atoms. The number of hydrogen-bond acceptors (Lipinski definition) is 5. The molecular weight excluding hydrogens is 382 g/mol. The zero-order valence-corrected chi connectivity index (χ0v) is 16.7. The summed E-state index contributed by atoms with van der Waals surface area (Å²) in [6.07, 6.45) is 0. The Labute approximate surface area is 162 Å². The Morgan fingerprint density at radius 1 is 1.19 bits per heavy atom. The Kier molecular flexibility index (Phi) is 4.90. The number of phenols is 1. The van der Waals surface area contributed by atoms with Gasteiger partial charge >= 0.3 is 0 Å². The van der Waals surface area contributed by atoms with E-state index in [2.05, 4.69) is 4.98 Å². The van der Waals surface area contributed by atoms with Crippen LogP contribution in [0.5, 0.6) is 5.75 Å². The number of nitrogens with one attached hydrogen (secondary N) is 1. The van der Waals surface area contributed by atoms with Crippen LogP contribution in [0.2, 0.25) is 0 Å². The monoisotopic (exact) mass is 404 g/mol. The van der Waals surface area contributed by atoms with Crippen LogP contribution in [0.1, 0.15) is 11.3 Å². The fourth-order valence-corrected chi connectivity index (χ4v) is 6.13. The topological polar surface area (TPSA) is 74.9 Å². The third kappa shape index (κ3) is 3.58. The average Bonchev–Trinajstić information content (AvgIpc) is 3.20. The maximum absolute atomic E-state index is 12.6. The molecule has 1 aliphatic rings. The summed E-state index contributed by atoms with van der Waals surface area (Å²) in [7, 11) is -3.36. The highest BCUT2D eigenvalue weighted by atomic mass is 32.2. The minimum absolute atomic E-state index is 0.194. The van der Waals surface area contributed by atoms with Gasteiger partial charge in [-0.05, 0) is 36.6 Å².